The van der Waals surface area contributed by atoms with Crippen LogP contribution in [0.25, 0.3) is 0 Å². The molecule has 0 unspecified atom stereocenters. The number of ether oxygens (including phenoxy) is 1. The van der Waals surface area contributed by atoms with Crippen LogP contribution in [0.5, 0.6) is 0 Å². The Morgan fingerprint density at radius 1 is 1.54 bits per heavy atom. The Labute approximate surface area is 87.2 Å². The van der Waals surface area contributed by atoms with E-state index in [-0.39, 0.29) is 17.6 Å². The molecule has 0 spiro atoms. The fourth-order valence-corrected chi connectivity index (χ4v) is 1.45. The molecule has 0 aromatic carbocycles. The first-order chi connectivity index (χ1) is 6.16. The molecular weight excluding hydrogens is 210 g/mol. The van der Waals surface area contributed by atoms with Gasteiger partial charge in [0.1, 0.15) is 0 Å². The van der Waals surface area contributed by atoms with Crippen molar-refractivity contribution in [1.82, 2.24) is 5.32 Å². The third kappa shape index (κ3) is 9.72. The summed E-state index contributed by atoms with van der Waals surface area (Å²) in [7, 11) is 1.35. The largest absolute Gasteiger partial charge is 0.468 e. The van der Waals surface area contributed by atoms with E-state index in [1.54, 1.807) is 0 Å². The second kappa shape index (κ2) is 8.40. The van der Waals surface area contributed by atoms with Crippen LogP contribution in [0.4, 0.5) is 0 Å². The summed E-state index contributed by atoms with van der Waals surface area (Å²) in [5, 5.41) is 2.75. The zero-order valence-corrected chi connectivity index (χ0v) is 9.12. The lowest BCUT2D eigenvalue weighted by atomic mass is 10.6. The van der Waals surface area contributed by atoms with Gasteiger partial charge in [-0.05, 0) is 0 Å². The summed E-state index contributed by atoms with van der Waals surface area (Å²) in [5.41, 5.74) is 0. The van der Waals surface area contributed by atoms with E-state index < -0.39 is 0 Å². The standard InChI is InChI=1S/C7H13NO3S2/c1-11-6(9)4-8-2-3-13-5-7(10)12/h8H,2-5H2,1H3,(H,10,12). The molecule has 0 saturated carbocycles. The predicted molar refractivity (Wildman–Crippen MR) is 56.2 cm³/mol. The fourth-order valence-electron chi connectivity index (χ4n) is 0.566. The van der Waals surface area contributed by atoms with Crippen molar-refractivity contribution in [1.29, 1.82) is 0 Å². The molecule has 76 valence electrons. The number of esters is 1. The van der Waals surface area contributed by atoms with E-state index in [1.807, 2.05) is 0 Å². The van der Waals surface area contributed by atoms with E-state index in [9.17, 15) is 9.59 Å². The molecule has 0 amide bonds. The minimum absolute atomic E-state index is 0.127. The Balaban J connectivity index is 3.08. The maximum absolute atomic E-state index is 10.6. The zero-order chi connectivity index (χ0) is 10.1. The van der Waals surface area contributed by atoms with Gasteiger partial charge in [0.25, 0.3) is 0 Å². The molecule has 0 bridgehead atoms. The number of thioether (sulfide) groups is 1. The average molecular weight is 223 g/mol. The molecule has 0 heterocycles. The van der Waals surface area contributed by atoms with Crippen LogP contribution in [-0.2, 0) is 14.3 Å². The molecule has 13 heavy (non-hydrogen) atoms. The van der Waals surface area contributed by atoms with Crippen LogP contribution in [0.2, 0.25) is 0 Å². The number of nitrogens with one attached hydrogen (secondary N) is 1. The van der Waals surface area contributed by atoms with Gasteiger partial charge in [0, 0.05) is 12.3 Å². The van der Waals surface area contributed by atoms with E-state index in [1.165, 1.54) is 18.9 Å². The summed E-state index contributed by atoms with van der Waals surface area (Å²) >= 11 is 5.10. The molecule has 0 aromatic heterocycles. The van der Waals surface area contributed by atoms with Crippen molar-refractivity contribution in [2.24, 2.45) is 0 Å². The molecule has 0 atom stereocenters. The third-order valence-corrected chi connectivity index (χ3v) is 2.48. The van der Waals surface area contributed by atoms with Gasteiger partial charge in [0.15, 0.2) is 5.12 Å². The van der Waals surface area contributed by atoms with Gasteiger partial charge in [0.2, 0.25) is 0 Å². The highest BCUT2D eigenvalue weighted by Crippen LogP contribution is 1.99. The van der Waals surface area contributed by atoms with E-state index in [4.69, 9.17) is 0 Å². The summed E-state index contributed by atoms with van der Waals surface area (Å²) in [5.74, 6) is 0.905. The van der Waals surface area contributed by atoms with E-state index in [0.29, 0.717) is 12.3 Å². The second-order valence-electron chi connectivity index (χ2n) is 2.20. The zero-order valence-electron chi connectivity index (χ0n) is 7.41. The van der Waals surface area contributed by atoms with Crippen molar-refractivity contribution in [2.75, 3.05) is 31.7 Å². The van der Waals surface area contributed by atoms with Crippen LogP contribution in [-0.4, -0.2) is 42.8 Å². The van der Waals surface area contributed by atoms with Crippen molar-refractivity contribution < 1.29 is 14.3 Å². The van der Waals surface area contributed by atoms with Gasteiger partial charge in [-0.15, -0.1) is 12.6 Å². The lowest BCUT2D eigenvalue weighted by Gasteiger charge is -2.01. The van der Waals surface area contributed by atoms with Crippen LogP contribution in [0, 0.1) is 0 Å². The normalized spacial score (nSPS) is 9.69. The Morgan fingerprint density at radius 3 is 2.77 bits per heavy atom. The fraction of sp³-hybridized carbons (Fsp3) is 0.714. The number of hydrogen-bond acceptors (Lipinski definition) is 5. The lowest BCUT2D eigenvalue weighted by Crippen LogP contribution is -2.26. The monoisotopic (exact) mass is 223 g/mol. The summed E-state index contributed by atoms with van der Waals surface area (Å²) in [6.07, 6.45) is 0. The Kier molecular flexibility index (Phi) is 8.27. The van der Waals surface area contributed by atoms with E-state index in [2.05, 4.69) is 22.7 Å². The van der Waals surface area contributed by atoms with Gasteiger partial charge in [-0.1, -0.05) is 0 Å². The van der Waals surface area contributed by atoms with Crippen molar-refractivity contribution in [3.63, 3.8) is 0 Å². The van der Waals surface area contributed by atoms with E-state index in [0.717, 1.165) is 5.75 Å². The van der Waals surface area contributed by atoms with Crippen LogP contribution < -0.4 is 5.32 Å². The molecule has 0 saturated heterocycles. The second-order valence-corrected chi connectivity index (χ2v) is 3.80. The predicted octanol–water partition coefficient (Wildman–Crippen LogP) is -0.0614. The quantitative estimate of drug-likeness (QED) is 0.360. The third-order valence-electron chi connectivity index (χ3n) is 1.15. The summed E-state index contributed by atoms with van der Waals surface area (Å²) in [6, 6.07) is 0. The summed E-state index contributed by atoms with van der Waals surface area (Å²) < 4.78 is 4.42. The van der Waals surface area contributed by atoms with Crippen molar-refractivity contribution in [2.45, 2.75) is 0 Å². The number of methoxy groups -OCH3 is 1. The van der Waals surface area contributed by atoms with Crippen molar-refractivity contribution in [3.8, 4) is 0 Å². The van der Waals surface area contributed by atoms with Crippen LogP contribution in [0.3, 0.4) is 0 Å². The summed E-state index contributed by atoms with van der Waals surface area (Å²) in [6.45, 7) is 0.896. The van der Waals surface area contributed by atoms with Gasteiger partial charge in [-0.2, -0.15) is 11.8 Å². The molecule has 0 aliphatic rings. The lowest BCUT2D eigenvalue weighted by molar-refractivity contribution is -0.139. The maximum Gasteiger partial charge on any atom is 0.319 e. The smallest absolute Gasteiger partial charge is 0.319 e. The van der Waals surface area contributed by atoms with Crippen LogP contribution >= 0.6 is 24.4 Å². The van der Waals surface area contributed by atoms with Gasteiger partial charge in [-0.25, -0.2) is 0 Å². The van der Waals surface area contributed by atoms with Gasteiger partial charge in [0.05, 0.1) is 19.4 Å². The SMILES string of the molecule is COC(=O)CNCCSCC(=O)S. The number of thiol groups is 1. The van der Waals surface area contributed by atoms with Gasteiger partial charge < -0.3 is 10.1 Å². The first-order valence-electron chi connectivity index (χ1n) is 3.74. The van der Waals surface area contributed by atoms with Crippen LogP contribution in [0.15, 0.2) is 0 Å². The van der Waals surface area contributed by atoms with Gasteiger partial charge in [-0.3, -0.25) is 9.59 Å². The van der Waals surface area contributed by atoms with Crippen LogP contribution in [0.1, 0.15) is 0 Å². The molecule has 6 heteroatoms. The molecule has 0 rings (SSSR count). The highest BCUT2D eigenvalue weighted by Gasteiger charge is 1.98. The van der Waals surface area contributed by atoms with Gasteiger partial charge >= 0.3 is 5.97 Å². The first kappa shape index (κ1) is 12.8. The topological polar surface area (TPSA) is 55.4 Å². The Bertz CT molecular complexity index is 175. The molecule has 0 fully saturated rings. The molecule has 0 aromatic rings. The van der Waals surface area contributed by atoms with Crippen molar-refractivity contribution in [3.05, 3.63) is 0 Å². The first-order valence-corrected chi connectivity index (χ1v) is 5.34. The average Bonchev–Trinajstić information content (AvgIpc) is 2.10. The molecule has 0 aliphatic carbocycles. The van der Waals surface area contributed by atoms with E-state index >= 15 is 0 Å². The highest BCUT2D eigenvalue weighted by atomic mass is 32.2. The minimum atomic E-state index is -0.282. The number of hydrogen-bond donors (Lipinski definition) is 2. The Hall–Kier alpha value is -0.200. The number of carbonyl (C=O) groups is 2. The number of carbonyl (C=O) groups excluding carboxylic acids is 2. The number of rotatable bonds is 7. The molecule has 1 N–H and O–H groups in total. The summed E-state index contributed by atoms with van der Waals surface area (Å²) in [4.78, 5) is 21.0. The highest BCUT2D eigenvalue weighted by molar-refractivity contribution is 8.04. The molecular formula is C7H13NO3S2. The van der Waals surface area contributed by atoms with Crippen molar-refractivity contribution >= 4 is 35.5 Å². The molecule has 0 radical (unpaired) electrons. The molecule has 0 aliphatic heterocycles. The minimum Gasteiger partial charge on any atom is -0.468 e. The Morgan fingerprint density at radius 2 is 2.23 bits per heavy atom. The maximum atomic E-state index is 10.6. The molecule has 4 nitrogen and oxygen atoms in total.